The van der Waals surface area contributed by atoms with Crippen LogP contribution in [-0.2, 0) is 19.1 Å². The molecule has 2 fully saturated rings. The lowest BCUT2D eigenvalue weighted by atomic mass is 9.87. The Labute approximate surface area is 129 Å². The molecular formula is C14H23N3O5. The van der Waals surface area contributed by atoms with E-state index in [9.17, 15) is 19.5 Å². The molecule has 4 atom stereocenters. The van der Waals surface area contributed by atoms with E-state index in [0.29, 0.717) is 12.8 Å². The van der Waals surface area contributed by atoms with Crippen LogP contribution in [0, 0.1) is 5.92 Å². The van der Waals surface area contributed by atoms with Crippen LogP contribution in [0.4, 0.5) is 0 Å². The minimum absolute atomic E-state index is 0.00886. The Morgan fingerprint density at radius 1 is 1.41 bits per heavy atom. The van der Waals surface area contributed by atoms with Crippen molar-refractivity contribution in [3.8, 4) is 0 Å². The number of aliphatic hydroxyl groups excluding tert-OH is 1. The summed E-state index contributed by atoms with van der Waals surface area (Å²) in [6, 6.07) is -1.27. The van der Waals surface area contributed by atoms with Gasteiger partial charge in [-0.25, -0.2) is 0 Å². The van der Waals surface area contributed by atoms with E-state index in [4.69, 9.17) is 5.73 Å². The minimum Gasteiger partial charge on any atom is -0.468 e. The number of nitrogens with two attached hydrogens (primary N) is 1. The number of nitrogens with zero attached hydrogens (tertiary/aromatic N) is 1. The average molecular weight is 313 g/mol. The van der Waals surface area contributed by atoms with Gasteiger partial charge in [-0.1, -0.05) is 0 Å². The molecule has 0 aromatic rings. The molecule has 0 saturated carbocycles. The first-order valence-electron chi connectivity index (χ1n) is 7.48. The number of esters is 1. The fraction of sp³-hybridized carbons (Fsp3) is 0.786. The number of nitrogens with one attached hydrogen (secondary N) is 1. The van der Waals surface area contributed by atoms with Gasteiger partial charge in [-0.3, -0.25) is 19.7 Å². The van der Waals surface area contributed by atoms with Gasteiger partial charge in [-0.05, 0) is 19.3 Å². The molecule has 2 aliphatic heterocycles. The van der Waals surface area contributed by atoms with E-state index in [-0.39, 0.29) is 43.3 Å². The van der Waals surface area contributed by atoms with Crippen LogP contribution < -0.4 is 11.1 Å². The fourth-order valence-electron chi connectivity index (χ4n) is 3.30. The van der Waals surface area contributed by atoms with Crippen molar-refractivity contribution in [1.82, 2.24) is 10.2 Å². The highest BCUT2D eigenvalue weighted by molar-refractivity contribution is 5.93. The van der Waals surface area contributed by atoms with E-state index in [0.717, 1.165) is 6.42 Å². The zero-order valence-corrected chi connectivity index (χ0v) is 12.7. The molecule has 8 heteroatoms. The number of carbonyl (C=O) groups excluding carboxylic acids is 3. The summed E-state index contributed by atoms with van der Waals surface area (Å²) in [5.74, 6) is -1.08. The predicted octanol–water partition coefficient (Wildman–Crippen LogP) is -1.98. The van der Waals surface area contributed by atoms with Crippen molar-refractivity contribution >= 4 is 17.7 Å². The molecule has 0 radical (unpaired) electrons. The summed E-state index contributed by atoms with van der Waals surface area (Å²) in [5.41, 5.74) is 5.87. The number of hydrogen-bond donors (Lipinski definition) is 3. The number of ketones is 1. The van der Waals surface area contributed by atoms with E-state index < -0.39 is 18.1 Å². The van der Waals surface area contributed by atoms with Crippen molar-refractivity contribution in [3.63, 3.8) is 0 Å². The Balaban J connectivity index is 1.94. The van der Waals surface area contributed by atoms with Gasteiger partial charge in [0.25, 0.3) is 0 Å². The van der Waals surface area contributed by atoms with Crippen LogP contribution in [0.2, 0.25) is 0 Å². The second kappa shape index (κ2) is 7.17. The third kappa shape index (κ3) is 3.29. The molecule has 2 saturated heterocycles. The summed E-state index contributed by atoms with van der Waals surface area (Å²) in [6.07, 6.45) is 1.96. The van der Waals surface area contributed by atoms with Gasteiger partial charge in [0.05, 0.1) is 32.3 Å². The lowest BCUT2D eigenvalue weighted by molar-refractivity contribution is -0.146. The van der Waals surface area contributed by atoms with Crippen LogP contribution in [-0.4, -0.2) is 72.6 Å². The summed E-state index contributed by atoms with van der Waals surface area (Å²) in [7, 11) is 1.28. The van der Waals surface area contributed by atoms with Crippen molar-refractivity contribution in [2.45, 2.75) is 37.4 Å². The maximum atomic E-state index is 12.4. The molecule has 2 unspecified atom stereocenters. The number of Topliss-reactive ketones (excluding diaryl/α,β-unsaturated/α-hetero) is 1. The van der Waals surface area contributed by atoms with Gasteiger partial charge in [-0.15, -0.1) is 0 Å². The van der Waals surface area contributed by atoms with Crippen LogP contribution in [0.15, 0.2) is 0 Å². The molecule has 0 aromatic heterocycles. The molecule has 4 N–H and O–H groups in total. The first kappa shape index (κ1) is 16.9. The van der Waals surface area contributed by atoms with E-state index in [1.165, 1.54) is 7.11 Å². The quantitative estimate of drug-likeness (QED) is 0.486. The largest absolute Gasteiger partial charge is 0.468 e. The van der Waals surface area contributed by atoms with Crippen LogP contribution in [0.3, 0.4) is 0 Å². The Morgan fingerprint density at radius 3 is 2.77 bits per heavy atom. The zero-order chi connectivity index (χ0) is 16.3. The Morgan fingerprint density at radius 2 is 2.14 bits per heavy atom. The van der Waals surface area contributed by atoms with Crippen molar-refractivity contribution < 1.29 is 24.2 Å². The molecule has 0 aliphatic carbocycles. The monoisotopic (exact) mass is 313 g/mol. The van der Waals surface area contributed by atoms with Crippen LogP contribution in [0.1, 0.15) is 19.3 Å². The molecule has 1 amide bonds. The zero-order valence-electron chi connectivity index (χ0n) is 12.7. The molecule has 22 heavy (non-hydrogen) atoms. The molecule has 2 heterocycles. The number of hydrogen-bond acceptors (Lipinski definition) is 7. The SMILES string of the molecule is COC(=O)CNCC(=O)[C@@H]1CCC2C[C@@H](CO)C(N)C(=O)N21. The van der Waals surface area contributed by atoms with Crippen molar-refractivity contribution in [2.75, 3.05) is 26.8 Å². The van der Waals surface area contributed by atoms with Crippen molar-refractivity contribution in [1.29, 1.82) is 0 Å². The van der Waals surface area contributed by atoms with Crippen LogP contribution in [0.5, 0.6) is 0 Å². The van der Waals surface area contributed by atoms with Gasteiger partial charge >= 0.3 is 5.97 Å². The molecule has 0 spiro atoms. The highest BCUT2D eigenvalue weighted by Gasteiger charge is 2.47. The van der Waals surface area contributed by atoms with Crippen molar-refractivity contribution in [3.05, 3.63) is 0 Å². The molecule has 8 nitrogen and oxygen atoms in total. The van der Waals surface area contributed by atoms with Crippen molar-refractivity contribution in [2.24, 2.45) is 11.7 Å². The number of methoxy groups -OCH3 is 1. The number of piperidine rings is 1. The number of rotatable bonds is 6. The predicted molar refractivity (Wildman–Crippen MR) is 76.7 cm³/mol. The highest BCUT2D eigenvalue weighted by atomic mass is 16.5. The number of ether oxygens (including phenoxy) is 1. The lowest BCUT2D eigenvalue weighted by Crippen LogP contribution is -2.60. The van der Waals surface area contributed by atoms with Gasteiger partial charge in [0.2, 0.25) is 5.91 Å². The fourth-order valence-corrected chi connectivity index (χ4v) is 3.30. The van der Waals surface area contributed by atoms with E-state index >= 15 is 0 Å². The Hall–Kier alpha value is -1.51. The van der Waals surface area contributed by atoms with E-state index in [1.54, 1.807) is 4.90 Å². The third-order valence-electron chi connectivity index (χ3n) is 4.53. The van der Waals surface area contributed by atoms with Crippen LogP contribution >= 0.6 is 0 Å². The molecule has 0 aromatic carbocycles. The standard InChI is InChI=1S/C14H23N3O5/c1-22-12(20)6-16-5-11(19)10-3-2-9-4-8(7-18)13(15)14(21)17(9)10/h8-10,13,16,18H,2-7,15H2,1H3/t8-,9?,10-,13?/m0/s1. The second-order valence-electron chi connectivity index (χ2n) is 5.84. The number of carbonyl (C=O) groups is 3. The van der Waals surface area contributed by atoms with E-state index in [2.05, 4.69) is 10.1 Å². The summed E-state index contributed by atoms with van der Waals surface area (Å²) in [5, 5.41) is 12.0. The Kier molecular flexibility index (Phi) is 5.49. The van der Waals surface area contributed by atoms with Gasteiger partial charge in [-0.2, -0.15) is 0 Å². The smallest absolute Gasteiger partial charge is 0.319 e. The van der Waals surface area contributed by atoms with Gasteiger partial charge in [0, 0.05) is 18.6 Å². The minimum atomic E-state index is -0.752. The highest BCUT2D eigenvalue weighted by Crippen LogP contribution is 2.34. The van der Waals surface area contributed by atoms with Gasteiger partial charge in [0.15, 0.2) is 5.78 Å². The molecule has 2 aliphatic rings. The first-order valence-corrected chi connectivity index (χ1v) is 7.48. The maximum absolute atomic E-state index is 12.4. The van der Waals surface area contributed by atoms with Gasteiger partial charge < -0.3 is 20.5 Å². The third-order valence-corrected chi connectivity index (χ3v) is 4.53. The number of amides is 1. The summed E-state index contributed by atoms with van der Waals surface area (Å²) < 4.78 is 4.48. The van der Waals surface area contributed by atoms with E-state index in [1.807, 2.05) is 0 Å². The number of aliphatic hydroxyl groups is 1. The molecule has 124 valence electrons. The average Bonchev–Trinajstić information content (AvgIpc) is 2.94. The molecular weight excluding hydrogens is 290 g/mol. The normalized spacial score (nSPS) is 31.0. The summed E-state index contributed by atoms with van der Waals surface area (Å²) in [4.78, 5) is 37.2. The Bertz CT molecular complexity index is 456. The topological polar surface area (TPSA) is 122 Å². The first-order chi connectivity index (χ1) is 10.5. The summed E-state index contributed by atoms with van der Waals surface area (Å²) >= 11 is 0. The maximum Gasteiger partial charge on any atom is 0.319 e. The molecule has 2 rings (SSSR count). The summed E-state index contributed by atoms with van der Waals surface area (Å²) in [6.45, 7) is -0.149. The van der Waals surface area contributed by atoms with Gasteiger partial charge in [0.1, 0.15) is 0 Å². The lowest BCUT2D eigenvalue weighted by Gasteiger charge is -2.40. The van der Waals surface area contributed by atoms with Crippen LogP contribution in [0.25, 0.3) is 0 Å². The second-order valence-corrected chi connectivity index (χ2v) is 5.84. The molecule has 0 bridgehead atoms. The number of fused-ring (bicyclic) bond motifs is 1.